The molecule has 0 aliphatic carbocycles. The molecule has 0 radical (unpaired) electrons. The van der Waals surface area contributed by atoms with Crippen LogP contribution in [-0.2, 0) is 10.0 Å². The Hall–Kier alpha value is -3.19. The first-order valence-electron chi connectivity index (χ1n) is 12.8. The predicted octanol–water partition coefficient (Wildman–Crippen LogP) is 5.00. The summed E-state index contributed by atoms with van der Waals surface area (Å²) in [6, 6.07) is 4.93. The van der Waals surface area contributed by atoms with E-state index in [-0.39, 0.29) is 11.2 Å². The quantitative estimate of drug-likeness (QED) is 0.307. The minimum absolute atomic E-state index is 0.135. The number of fused-ring (bicyclic) bond motifs is 1. The number of nitrogens with zero attached hydrogens (tertiary/aromatic N) is 5. The monoisotopic (exact) mass is 620 g/mol. The molecule has 0 bridgehead atoms. The fourth-order valence-corrected chi connectivity index (χ4v) is 7.21. The fraction of sp³-hybridized carbons (Fsp3) is 0.370. The van der Waals surface area contributed by atoms with Gasteiger partial charge in [-0.2, -0.15) is 5.10 Å². The van der Waals surface area contributed by atoms with Crippen LogP contribution in [0.2, 0.25) is 10.0 Å². The smallest absolute Gasteiger partial charge is 0.211 e. The number of hydrogen-bond donors (Lipinski definition) is 1. The summed E-state index contributed by atoms with van der Waals surface area (Å²) in [6.07, 6.45) is 3.79. The summed E-state index contributed by atoms with van der Waals surface area (Å²) < 4.78 is 52.0. The molecular formula is C27H27Cl2FN6O4S. The van der Waals surface area contributed by atoms with Gasteiger partial charge in [-0.05, 0) is 26.0 Å². The molecule has 1 N–H and O–H groups in total. The van der Waals surface area contributed by atoms with Gasteiger partial charge in [-0.1, -0.05) is 23.2 Å². The highest BCUT2D eigenvalue weighted by Crippen LogP contribution is 2.44. The van der Waals surface area contributed by atoms with Crippen molar-refractivity contribution in [3.63, 3.8) is 0 Å². The molecule has 1 unspecified atom stereocenters. The van der Waals surface area contributed by atoms with Gasteiger partial charge >= 0.3 is 0 Å². The number of nitrogens with one attached hydrogen (secondary N) is 1. The average molecular weight is 622 g/mol. The molecule has 0 amide bonds. The van der Waals surface area contributed by atoms with E-state index in [1.54, 1.807) is 25.3 Å². The Labute approximate surface area is 246 Å². The van der Waals surface area contributed by atoms with Gasteiger partial charge in [0.15, 0.2) is 23.1 Å². The SMILES string of the molecule is COc1cc2[nH]nc(-c3cnc(N4CC5(C4)CN(S(C)(=O)=O)C5)c(F)c3)c2cc1OC(C)c1c(Cl)cnc(C)c1Cl. The Morgan fingerprint density at radius 3 is 2.49 bits per heavy atom. The summed E-state index contributed by atoms with van der Waals surface area (Å²) in [4.78, 5) is 10.4. The Bertz CT molecular complexity index is 1790. The molecule has 5 heterocycles. The zero-order valence-electron chi connectivity index (χ0n) is 22.7. The molecule has 4 aromatic rings. The molecule has 3 aromatic heterocycles. The number of ether oxygens (including phenoxy) is 2. The van der Waals surface area contributed by atoms with Gasteiger partial charge in [0.05, 0.1) is 34.6 Å². The molecule has 41 heavy (non-hydrogen) atoms. The van der Waals surface area contributed by atoms with Crippen molar-refractivity contribution in [3.05, 3.63) is 57.7 Å². The van der Waals surface area contributed by atoms with E-state index in [4.69, 9.17) is 32.7 Å². The van der Waals surface area contributed by atoms with E-state index in [1.165, 1.54) is 29.9 Å². The second kappa shape index (κ2) is 9.97. The number of aryl methyl sites for hydroxylation is 1. The molecule has 2 aliphatic rings. The Kier molecular flexibility index (Phi) is 6.80. The average Bonchev–Trinajstić information content (AvgIpc) is 3.27. The summed E-state index contributed by atoms with van der Waals surface area (Å²) in [5, 5.41) is 8.88. The van der Waals surface area contributed by atoms with E-state index in [1.807, 2.05) is 11.8 Å². The van der Waals surface area contributed by atoms with Crippen molar-refractivity contribution in [2.45, 2.75) is 20.0 Å². The standard InChI is InChI=1S/C27H27Cl2FN6O4S/c1-14-24(29)23(18(28)9-31-14)15(2)40-22-6-17-20(7-21(22)39-3)33-34-25(17)16-5-19(30)26(32-8-16)35-10-27(11-35)12-36(13-27)41(4,37)38/h5-9,15H,10-13H2,1-4H3,(H,33,34). The lowest BCUT2D eigenvalue weighted by Crippen LogP contribution is -2.73. The lowest BCUT2D eigenvalue weighted by molar-refractivity contribution is 0.0390. The zero-order chi connectivity index (χ0) is 29.3. The van der Waals surface area contributed by atoms with E-state index < -0.39 is 21.9 Å². The third-order valence-corrected chi connectivity index (χ3v) is 9.65. The van der Waals surface area contributed by atoms with Crippen LogP contribution in [0.15, 0.2) is 30.6 Å². The second-order valence-corrected chi connectivity index (χ2v) is 13.5. The number of methoxy groups -OCH3 is 1. The first kappa shape index (κ1) is 28.0. The number of aromatic amines is 1. The molecule has 0 saturated carbocycles. The number of aromatic nitrogens is 4. The molecule has 10 nitrogen and oxygen atoms in total. The van der Waals surface area contributed by atoms with E-state index >= 15 is 4.39 Å². The van der Waals surface area contributed by atoms with Crippen LogP contribution < -0.4 is 14.4 Å². The maximum Gasteiger partial charge on any atom is 0.211 e. The van der Waals surface area contributed by atoms with Gasteiger partial charge in [0.25, 0.3) is 0 Å². The lowest BCUT2D eigenvalue weighted by Gasteiger charge is -2.59. The molecule has 2 saturated heterocycles. The lowest BCUT2D eigenvalue weighted by atomic mass is 9.74. The second-order valence-electron chi connectivity index (χ2n) is 10.7. The van der Waals surface area contributed by atoms with Crippen LogP contribution in [0.25, 0.3) is 22.2 Å². The highest BCUT2D eigenvalue weighted by Gasteiger charge is 2.55. The summed E-state index contributed by atoms with van der Waals surface area (Å²) >= 11 is 12.9. The number of pyridine rings is 2. The fourth-order valence-electron chi connectivity index (χ4n) is 5.54. The molecule has 2 aliphatic heterocycles. The number of sulfonamides is 1. The summed E-state index contributed by atoms with van der Waals surface area (Å²) in [5.74, 6) is 0.646. The molecule has 2 fully saturated rings. The maximum atomic E-state index is 15.3. The van der Waals surface area contributed by atoms with Crippen molar-refractivity contribution in [2.24, 2.45) is 5.41 Å². The summed E-state index contributed by atoms with van der Waals surface area (Å²) in [6.45, 7) is 5.62. The van der Waals surface area contributed by atoms with Gasteiger partial charge in [0, 0.05) is 66.6 Å². The van der Waals surface area contributed by atoms with Crippen molar-refractivity contribution in [2.75, 3.05) is 44.4 Å². The van der Waals surface area contributed by atoms with Gasteiger partial charge < -0.3 is 14.4 Å². The predicted molar refractivity (Wildman–Crippen MR) is 155 cm³/mol. The van der Waals surface area contributed by atoms with Gasteiger partial charge in [-0.3, -0.25) is 10.1 Å². The highest BCUT2D eigenvalue weighted by molar-refractivity contribution is 7.88. The number of anilines is 1. The van der Waals surface area contributed by atoms with E-state index in [0.717, 1.165) is 0 Å². The number of halogens is 3. The summed E-state index contributed by atoms with van der Waals surface area (Å²) in [7, 11) is -1.67. The van der Waals surface area contributed by atoms with Crippen LogP contribution in [0, 0.1) is 18.2 Å². The number of benzene rings is 1. The highest BCUT2D eigenvalue weighted by atomic mass is 35.5. The summed E-state index contributed by atoms with van der Waals surface area (Å²) in [5.41, 5.74) is 2.76. The molecular weight excluding hydrogens is 594 g/mol. The minimum atomic E-state index is -3.20. The van der Waals surface area contributed by atoms with Crippen LogP contribution >= 0.6 is 23.2 Å². The number of hydrogen-bond acceptors (Lipinski definition) is 8. The molecule has 1 aromatic carbocycles. The van der Waals surface area contributed by atoms with Crippen LogP contribution in [0.1, 0.15) is 24.3 Å². The van der Waals surface area contributed by atoms with Crippen molar-refractivity contribution in [1.82, 2.24) is 24.5 Å². The van der Waals surface area contributed by atoms with Crippen LogP contribution in [0.4, 0.5) is 10.2 Å². The van der Waals surface area contributed by atoms with Gasteiger partial charge in [-0.15, -0.1) is 0 Å². The van der Waals surface area contributed by atoms with Crippen LogP contribution in [0.3, 0.4) is 0 Å². The van der Waals surface area contributed by atoms with Crippen molar-refractivity contribution in [1.29, 1.82) is 0 Å². The van der Waals surface area contributed by atoms with Gasteiger partial charge in [0.1, 0.15) is 11.8 Å². The van der Waals surface area contributed by atoms with E-state index in [2.05, 4.69) is 20.2 Å². The normalized spacial score (nSPS) is 17.4. The maximum absolute atomic E-state index is 15.3. The Morgan fingerprint density at radius 2 is 1.83 bits per heavy atom. The Morgan fingerprint density at radius 1 is 1.10 bits per heavy atom. The van der Waals surface area contributed by atoms with Crippen LogP contribution in [0.5, 0.6) is 11.5 Å². The van der Waals surface area contributed by atoms with Crippen molar-refractivity contribution < 1.29 is 22.3 Å². The number of rotatable bonds is 7. The van der Waals surface area contributed by atoms with Crippen molar-refractivity contribution in [3.8, 4) is 22.8 Å². The molecule has 216 valence electrons. The zero-order valence-corrected chi connectivity index (χ0v) is 25.0. The molecule has 1 spiro atoms. The topological polar surface area (TPSA) is 114 Å². The third kappa shape index (κ3) is 4.86. The first-order chi connectivity index (χ1) is 19.4. The first-order valence-corrected chi connectivity index (χ1v) is 15.4. The number of H-pyrrole nitrogens is 1. The largest absolute Gasteiger partial charge is 0.493 e. The van der Waals surface area contributed by atoms with E-state index in [9.17, 15) is 8.42 Å². The van der Waals surface area contributed by atoms with Crippen LogP contribution in [-0.4, -0.2) is 72.4 Å². The van der Waals surface area contributed by atoms with Gasteiger partial charge in [0.2, 0.25) is 10.0 Å². The van der Waals surface area contributed by atoms with Gasteiger partial charge in [-0.25, -0.2) is 22.1 Å². The third-order valence-electron chi connectivity index (χ3n) is 7.68. The molecule has 14 heteroatoms. The van der Waals surface area contributed by atoms with Crippen molar-refractivity contribution >= 4 is 49.9 Å². The molecule has 1 atom stereocenters. The van der Waals surface area contributed by atoms with E-state index in [0.29, 0.717) is 81.1 Å². The molecule has 6 rings (SSSR count). The Balaban J connectivity index is 1.26. The minimum Gasteiger partial charge on any atom is -0.493 e.